The van der Waals surface area contributed by atoms with E-state index >= 15 is 0 Å². The van der Waals surface area contributed by atoms with Gasteiger partial charge in [-0.25, -0.2) is 13.1 Å². The molecule has 0 unspecified atom stereocenters. The van der Waals surface area contributed by atoms with E-state index in [1.807, 2.05) is 25.1 Å². The summed E-state index contributed by atoms with van der Waals surface area (Å²) in [5, 5.41) is 12.9. The zero-order chi connectivity index (χ0) is 36.3. The maximum Gasteiger partial charge on any atom is 0.264 e. The topological polar surface area (TPSA) is 102 Å². The Morgan fingerprint density at radius 1 is 0.962 bits per heavy atom. The fourth-order valence-electron chi connectivity index (χ4n) is 10.7. The smallest absolute Gasteiger partial charge is 0.264 e. The van der Waals surface area contributed by atoms with Crippen LogP contribution in [0.4, 0.5) is 5.69 Å². The zero-order valence-corrected chi connectivity index (χ0v) is 32.6. The fourth-order valence-corrected chi connectivity index (χ4v) is 12.2. The number of hydrogen-bond donors (Lipinski definition) is 2. The van der Waals surface area contributed by atoms with Gasteiger partial charge in [0, 0.05) is 61.3 Å². The highest BCUT2D eigenvalue weighted by molar-refractivity contribution is 7.90. The Hall–Kier alpha value is -2.37. The first-order valence-corrected chi connectivity index (χ1v) is 21.9. The molecular weight excluding hydrogens is 696 g/mol. The summed E-state index contributed by atoms with van der Waals surface area (Å²) in [6.07, 6.45) is 10.9. The number of fused-ring (bicyclic) bond motifs is 5. The predicted molar refractivity (Wildman–Crippen MR) is 206 cm³/mol. The summed E-state index contributed by atoms with van der Waals surface area (Å²) >= 11 is 6.49. The highest BCUT2D eigenvalue weighted by atomic mass is 35.5. The van der Waals surface area contributed by atoms with Gasteiger partial charge in [-0.05, 0) is 130 Å². The van der Waals surface area contributed by atoms with E-state index in [0.29, 0.717) is 49.9 Å². The Morgan fingerprint density at radius 3 is 2.65 bits per heavy atom. The maximum atomic E-state index is 13.6. The molecule has 4 heterocycles. The standard InChI is InChI=1S/C41H57ClN4O5S/c1-28-7-5-17-41(48,26-44-19-20-45-18-4-3-9-34(45)24-44)36-13-10-32(36)23-46-25-40(16-6-8-30-21-33(42)12-14-35(30)40)27-51-38-15-11-31(22-37(38)46)39(47)43-52(49,50)29(28)2/h11-12,14-15,21-22,28-29,32,34,36,48H,3-10,13,16-20,23-27H2,1-2H3,(H,43,47)/t28-,29+,32-,34+,36+,40-,41+/m0/s1. The number of rotatable bonds is 2. The number of carbonyl (C=O) groups excluding carboxylic acids is 1. The van der Waals surface area contributed by atoms with Crippen molar-refractivity contribution in [3.05, 3.63) is 58.1 Å². The summed E-state index contributed by atoms with van der Waals surface area (Å²) in [6, 6.07) is 12.2. The summed E-state index contributed by atoms with van der Waals surface area (Å²) in [6.45, 7) is 10.5. The predicted octanol–water partition coefficient (Wildman–Crippen LogP) is 6.01. The number of piperidine rings is 1. The molecule has 2 aromatic carbocycles. The van der Waals surface area contributed by atoms with Crippen molar-refractivity contribution in [2.24, 2.45) is 17.8 Å². The van der Waals surface area contributed by atoms with Crippen LogP contribution in [0.3, 0.4) is 0 Å². The molecule has 1 saturated carbocycles. The SMILES string of the molecule is C[C@@H]1[C@@H](C)CCC[C@@](O)(CN2CCN3CCCC[C@@H]3C2)[C@@H]2CC[C@H]2CN2C[C@@]3(CCCc4cc(Cl)ccc43)COc3ccc(cc32)C(=O)NS1(=O)=O. The monoisotopic (exact) mass is 752 g/mol. The van der Waals surface area contributed by atoms with Gasteiger partial charge in [-0.15, -0.1) is 0 Å². The number of sulfonamides is 1. The van der Waals surface area contributed by atoms with Crippen LogP contribution < -0.4 is 14.4 Å². The van der Waals surface area contributed by atoms with Gasteiger partial charge in [-0.3, -0.25) is 14.6 Å². The average Bonchev–Trinajstić information content (AvgIpc) is 3.25. The highest BCUT2D eigenvalue weighted by Crippen LogP contribution is 2.49. The first-order valence-electron chi connectivity index (χ1n) is 20.0. The number of aryl methyl sites for hydroxylation is 1. The van der Waals surface area contributed by atoms with Crippen LogP contribution in [0.15, 0.2) is 36.4 Å². The van der Waals surface area contributed by atoms with Gasteiger partial charge in [0.25, 0.3) is 5.91 Å². The molecule has 2 aromatic rings. The molecule has 2 bridgehead atoms. The van der Waals surface area contributed by atoms with E-state index in [9.17, 15) is 18.3 Å². The molecule has 1 amide bonds. The van der Waals surface area contributed by atoms with E-state index < -0.39 is 26.8 Å². The van der Waals surface area contributed by atoms with Crippen LogP contribution in [-0.4, -0.2) is 98.5 Å². The lowest BCUT2D eigenvalue weighted by molar-refractivity contribution is -0.114. The molecule has 0 aromatic heterocycles. The van der Waals surface area contributed by atoms with Gasteiger partial charge in [0.05, 0.1) is 23.1 Å². The lowest BCUT2D eigenvalue weighted by Gasteiger charge is -2.53. The number of ether oxygens (including phenoxy) is 1. The average molecular weight is 753 g/mol. The molecule has 11 heteroatoms. The third kappa shape index (κ3) is 7.00. The van der Waals surface area contributed by atoms with E-state index in [2.05, 4.69) is 31.6 Å². The van der Waals surface area contributed by atoms with E-state index in [4.69, 9.17) is 16.3 Å². The van der Waals surface area contributed by atoms with E-state index in [1.54, 1.807) is 13.0 Å². The second-order valence-corrected chi connectivity index (χ2v) is 19.8. The maximum absolute atomic E-state index is 13.6. The number of amides is 1. The third-order valence-corrected chi connectivity index (χ3v) is 16.2. The number of nitrogens with one attached hydrogen (secondary N) is 1. The number of aliphatic hydroxyl groups is 1. The second-order valence-electron chi connectivity index (χ2n) is 17.3. The van der Waals surface area contributed by atoms with Gasteiger partial charge in [-0.2, -0.15) is 0 Å². The van der Waals surface area contributed by atoms with Gasteiger partial charge in [0.2, 0.25) is 10.0 Å². The lowest BCUT2D eigenvalue weighted by atomic mass is 9.62. The minimum absolute atomic E-state index is 0.133. The Balaban J connectivity index is 1.16. The number of hydrogen-bond acceptors (Lipinski definition) is 8. The van der Waals surface area contributed by atoms with Crippen LogP contribution in [0.25, 0.3) is 0 Å². The molecule has 3 fully saturated rings. The zero-order valence-electron chi connectivity index (χ0n) is 31.0. The molecule has 4 aliphatic heterocycles. The molecule has 1 spiro atoms. The second kappa shape index (κ2) is 14.4. The van der Waals surface area contributed by atoms with Crippen molar-refractivity contribution in [3.63, 3.8) is 0 Å². The summed E-state index contributed by atoms with van der Waals surface area (Å²) in [4.78, 5) is 21.2. The molecule has 6 aliphatic rings. The van der Waals surface area contributed by atoms with Gasteiger partial charge >= 0.3 is 0 Å². The van der Waals surface area contributed by atoms with E-state index in [0.717, 1.165) is 75.4 Å². The van der Waals surface area contributed by atoms with Gasteiger partial charge in [0.1, 0.15) is 5.75 Å². The molecule has 0 radical (unpaired) electrons. The van der Waals surface area contributed by atoms with Crippen molar-refractivity contribution < 1.29 is 23.1 Å². The summed E-state index contributed by atoms with van der Waals surface area (Å²) in [7, 11) is -3.94. The van der Waals surface area contributed by atoms with Crippen LogP contribution in [0.5, 0.6) is 5.75 Å². The van der Waals surface area contributed by atoms with Crippen LogP contribution in [0.2, 0.25) is 5.02 Å². The fraction of sp³-hybridized carbons (Fsp3) is 0.683. The quantitative estimate of drug-likeness (QED) is 0.385. The Morgan fingerprint density at radius 2 is 1.83 bits per heavy atom. The van der Waals surface area contributed by atoms with Crippen LogP contribution in [0, 0.1) is 17.8 Å². The molecule has 2 aliphatic carbocycles. The molecular formula is C41H57ClN4O5S. The van der Waals surface area contributed by atoms with E-state index in [1.165, 1.54) is 36.9 Å². The molecule has 2 N–H and O–H groups in total. The third-order valence-electron chi connectivity index (χ3n) is 14.1. The van der Waals surface area contributed by atoms with Crippen molar-refractivity contribution in [2.45, 2.75) is 107 Å². The van der Waals surface area contributed by atoms with Crippen LogP contribution in [0.1, 0.15) is 99.5 Å². The Bertz CT molecular complexity index is 1770. The summed E-state index contributed by atoms with van der Waals surface area (Å²) < 4.78 is 36.3. The van der Waals surface area contributed by atoms with E-state index in [-0.39, 0.29) is 23.2 Å². The van der Waals surface area contributed by atoms with Crippen molar-refractivity contribution in [1.29, 1.82) is 0 Å². The van der Waals surface area contributed by atoms with Crippen molar-refractivity contribution in [1.82, 2.24) is 14.5 Å². The molecule has 8 rings (SSSR count). The number of nitrogens with zero attached hydrogens (tertiary/aromatic N) is 3. The first-order chi connectivity index (χ1) is 24.9. The molecule has 2 saturated heterocycles. The van der Waals surface area contributed by atoms with Crippen molar-refractivity contribution >= 4 is 33.2 Å². The van der Waals surface area contributed by atoms with Crippen molar-refractivity contribution in [3.8, 4) is 5.75 Å². The number of carbonyl (C=O) groups is 1. The minimum Gasteiger partial charge on any atom is -0.490 e. The number of anilines is 1. The number of piperazine rings is 1. The lowest BCUT2D eigenvalue weighted by Crippen LogP contribution is -2.61. The first kappa shape index (κ1) is 36.6. The number of benzene rings is 2. The minimum atomic E-state index is -3.94. The van der Waals surface area contributed by atoms with Gasteiger partial charge < -0.3 is 14.7 Å². The number of β-amino-alcohol motifs (C(OH)–C–C–N with tert-alkyl or cyclic N) is 1. The molecule has 284 valence electrons. The van der Waals surface area contributed by atoms with Gasteiger partial charge in [0.15, 0.2) is 0 Å². The van der Waals surface area contributed by atoms with Crippen LogP contribution in [-0.2, 0) is 21.9 Å². The molecule has 9 nitrogen and oxygen atoms in total. The Labute approximate surface area is 315 Å². The largest absolute Gasteiger partial charge is 0.490 e. The summed E-state index contributed by atoms with van der Waals surface area (Å²) in [5.41, 5.74) is 2.53. The number of halogens is 1. The van der Waals surface area contributed by atoms with Crippen LogP contribution >= 0.6 is 11.6 Å². The van der Waals surface area contributed by atoms with Crippen molar-refractivity contribution in [2.75, 3.05) is 57.3 Å². The normalized spacial score (nSPS) is 35.6. The highest BCUT2D eigenvalue weighted by Gasteiger charge is 2.50. The molecule has 7 atom stereocenters. The molecule has 52 heavy (non-hydrogen) atoms. The van der Waals surface area contributed by atoms with Gasteiger partial charge in [-0.1, -0.05) is 37.4 Å². The summed E-state index contributed by atoms with van der Waals surface area (Å²) in [5.74, 6) is 0.329. The Kier molecular flexibility index (Phi) is 10.1.